The third-order valence-corrected chi connectivity index (χ3v) is 13.8. The molecule has 75 heavy (non-hydrogen) atoms. The van der Waals surface area contributed by atoms with Gasteiger partial charge in [0.15, 0.2) is 23.3 Å². The molecule has 2 atom stereocenters. The molecule has 0 bridgehead atoms. The molecule has 17 nitrogen and oxygen atoms in total. The number of carbonyl (C=O) groups is 2. The molecule has 0 spiro atoms. The van der Waals surface area contributed by atoms with Gasteiger partial charge in [-0.15, -0.1) is 0 Å². The Bertz CT molecular complexity index is 2840. The number of aromatic amines is 1. The van der Waals surface area contributed by atoms with E-state index in [0.29, 0.717) is 107 Å². The third-order valence-electron chi connectivity index (χ3n) is 13.1. The van der Waals surface area contributed by atoms with Gasteiger partial charge in [-0.1, -0.05) is 89.7 Å². The molecular weight excluding hydrogens is 998 g/mol. The number of carbonyl (C=O) groups excluding carboxylic acids is 2. The van der Waals surface area contributed by atoms with Crippen LogP contribution in [0.4, 0.5) is 0 Å². The van der Waals surface area contributed by atoms with Gasteiger partial charge < -0.3 is 29.0 Å². The van der Waals surface area contributed by atoms with Crippen LogP contribution in [0, 0.1) is 0 Å². The van der Waals surface area contributed by atoms with Crippen LogP contribution in [0.2, 0.25) is 10.0 Å². The van der Waals surface area contributed by atoms with Gasteiger partial charge in [-0.2, -0.15) is 15.0 Å². The van der Waals surface area contributed by atoms with Crippen molar-refractivity contribution in [3.05, 3.63) is 105 Å². The van der Waals surface area contributed by atoms with Crippen molar-refractivity contribution in [2.45, 2.75) is 150 Å². The highest BCUT2D eigenvalue weighted by molar-refractivity contribution is 6.33. The minimum absolute atomic E-state index is 0.0605. The average molecular weight is 1070 g/mol. The van der Waals surface area contributed by atoms with Crippen molar-refractivity contribution >= 4 is 34.9 Å². The van der Waals surface area contributed by atoms with Gasteiger partial charge in [0, 0.05) is 74.0 Å². The number of Topliss-reactive ketones (excluding diaryl/α,β-unsaturated/α-hetero) is 1. The lowest BCUT2D eigenvalue weighted by Crippen LogP contribution is -2.47. The monoisotopic (exact) mass is 1070 g/mol. The van der Waals surface area contributed by atoms with Crippen LogP contribution in [0.25, 0.3) is 45.6 Å². The van der Waals surface area contributed by atoms with Crippen LogP contribution in [-0.4, -0.2) is 96.3 Å². The predicted octanol–water partition coefficient (Wildman–Crippen LogP) is 11.5. The van der Waals surface area contributed by atoms with Crippen LogP contribution < -0.4 is 25.2 Å². The maximum Gasteiger partial charge on any atom is 0.348 e. The molecule has 402 valence electrons. The Balaban J connectivity index is 0.000000277. The van der Waals surface area contributed by atoms with E-state index >= 15 is 0 Å². The summed E-state index contributed by atoms with van der Waals surface area (Å²) in [6.07, 6.45) is 10.6. The highest BCUT2D eigenvalue weighted by Crippen LogP contribution is 2.32. The summed E-state index contributed by atoms with van der Waals surface area (Å²) >= 11 is 13.0. The highest BCUT2D eigenvalue weighted by Gasteiger charge is 2.35. The largest absolute Gasteiger partial charge is 0.475 e. The second-order valence-corrected chi connectivity index (χ2v) is 18.9. The topological polar surface area (TPSA) is 215 Å². The summed E-state index contributed by atoms with van der Waals surface area (Å²) in [5.74, 6) is 2.20. The van der Waals surface area contributed by atoms with Gasteiger partial charge >= 0.3 is 11.7 Å². The Morgan fingerprint density at radius 2 is 1.16 bits per heavy atom. The van der Waals surface area contributed by atoms with Gasteiger partial charge in [0.1, 0.15) is 17.0 Å². The van der Waals surface area contributed by atoms with E-state index in [1.807, 2.05) is 71.9 Å². The van der Waals surface area contributed by atoms with Crippen molar-refractivity contribution in [3.8, 4) is 63.3 Å². The van der Waals surface area contributed by atoms with E-state index in [4.69, 9.17) is 46.9 Å². The van der Waals surface area contributed by atoms with Crippen molar-refractivity contribution in [1.29, 1.82) is 0 Å². The number of pyridine rings is 2. The normalized spacial score (nSPS) is 12.3. The van der Waals surface area contributed by atoms with Crippen molar-refractivity contribution in [2.75, 3.05) is 21.3 Å². The first kappa shape index (κ1) is 59.5. The summed E-state index contributed by atoms with van der Waals surface area (Å²) in [5.41, 5.74) is 1.97. The minimum atomic E-state index is -0.853. The van der Waals surface area contributed by atoms with E-state index in [0.717, 1.165) is 36.8 Å². The molecule has 0 radical (unpaired) electrons. The number of aromatic nitrogens is 8. The Morgan fingerprint density at radius 1 is 0.640 bits per heavy atom. The average Bonchev–Trinajstić information content (AvgIpc) is 3.42. The minimum Gasteiger partial charge on any atom is -0.475 e. The number of halogens is 2. The summed E-state index contributed by atoms with van der Waals surface area (Å²) in [5, 5.41) is 3.86. The number of ether oxygens (including phenoxy) is 5. The molecule has 0 aliphatic carbocycles. The number of ketones is 1. The van der Waals surface area contributed by atoms with Crippen LogP contribution in [0.5, 0.6) is 17.8 Å². The third kappa shape index (κ3) is 15.8. The summed E-state index contributed by atoms with van der Waals surface area (Å²) < 4.78 is 28.1. The number of nitrogens with zero attached hydrogens (tertiary/aromatic N) is 7. The number of rotatable bonds is 26. The zero-order chi connectivity index (χ0) is 54.7. The van der Waals surface area contributed by atoms with Gasteiger partial charge in [0.25, 0.3) is 5.91 Å². The Hall–Kier alpha value is -6.40. The Kier molecular flexibility index (Phi) is 22.6. The SMILES string of the molecule is CCC[C@@H](C)Oc1ccc(-c2nc(-c3cc(CCC(=O)C(CC)(CC)OC)ccc3Cl)[nH]c(=O)n2)cn1.CCC[C@@H](C)Oc1ccc(-c2nc(OC)nc(-c3cc(CNC(=O)C(CC)(CC)OC)ccc3Cl)n2)cn1. The molecule has 4 aromatic heterocycles. The van der Waals surface area contributed by atoms with Crippen LogP contribution in [0.3, 0.4) is 0 Å². The Morgan fingerprint density at radius 3 is 1.67 bits per heavy atom. The lowest BCUT2D eigenvalue weighted by Gasteiger charge is -2.28. The molecule has 6 aromatic rings. The highest BCUT2D eigenvalue weighted by atomic mass is 35.5. The molecule has 0 aliphatic heterocycles. The standard InChI is InChI=1S/C28H36ClN5O4.C28H35ClN4O4/c1-7-10-18(4)38-23-14-12-20(17-30-23)24-32-25(34-27(33-24)36-5)21-15-19(11-13-22(21)29)16-31-26(35)28(8-2,9-3)37-6;1-6-9-18(4)37-24-15-12-20(17-30-24)25-31-26(33-27(35)32-25)21-16-19(10-13-22(21)29)11-14-23(34)28(7-2,8-3)36-5/h11-15,17-18H,7-10,16H2,1-6H3,(H,31,35);10,12-13,15-18H,6-9,11,14H2,1-5H3,(H,31,32,33,35)/t2*18-/m11/s1. The first-order valence-corrected chi connectivity index (χ1v) is 26.3. The number of methoxy groups -OCH3 is 3. The number of amides is 1. The van der Waals surface area contributed by atoms with Crippen molar-refractivity contribution in [1.82, 2.24) is 45.2 Å². The van der Waals surface area contributed by atoms with Gasteiger partial charge in [0.05, 0.1) is 29.4 Å². The summed E-state index contributed by atoms with van der Waals surface area (Å²) in [6.45, 7) is 16.3. The van der Waals surface area contributed by atoms with Crippen molar-refractivity contribution < 1.29 is 33.3 Å². The first-order chi connectivity index (χ1) is 36.0. The number of nitrogens with one attached hydrogen (secondary N) is 2. The zero-order valence-corrected chi connectivity index (χ0v) is 46.5. The molecule has 4 heterocycles. The van der Waals surface area contributed by atoms with Crippen molar-refractivity contribution in [3.63, 3.8) is 0 Å². The maximum absolute atomic E-state index is 12.9. The summed E-state index contributed by atoms with van der Waals surface area (Å²) in [7, 11) is 4.63. The number of hydrogen-bond acceptors (Lipinski definition) is 15. The molecule has 0 unspecified atom stereocenters. The van der Waals surface area contributed by atoms with E-state index in [1.165, 1.54) is 7.11 Å². The molecule has 0 fully saturated rings. The van der Waals surface area contributed by atoms with Crippen LogP contribution in [-0.2, 0) is 32.0 Å². The fourth-order valence-electron chi connectivity index (χ4n) is 8.44. The first-order valence-electron chi connectivity index (χ1n) is 25.6. The van der Waals surface area contributed by atoms with E-state index in [2.05, 4.69) is 59.0 Å². The zero-order valence-electron chi connectivity index (χ0n) is 45.0. The summed E-state index contributed by atoms with van der Waals surface area (Å²) in [6, 6.07) is 18.2. The Labute approximate surface area is 450 Å². The second-order valence-electron chi connectivity index (χ2n) is 18.0. The van der Waals surface area contributed by atoms with E-state index < -0.39 is 16.9 Å². The number of H-pyrrole nitrogens is 1. The lowest BCUT2D eigenvalue weighted by molar-refractivity contribution is -0.144. The maximum atomic E-state index is 12.9. The molecule has 2 aromatic carbocycles. The molecule has 1 amide bonds. The van der Waals surface area contributed by atoms with E-state index in [-0.39, 0.29) is 35.7 Å². The molecule has 0 aliphatic rings. The fraction of sp³-hybridized carbons (Fsp3) is 0.464. The van der Waals surface area contributed by atoms with Crippen LogP contribution in [0.15, 0.2) is 77.9 Å². The molecule has 0 saturated carbocycles. The number of benzene rings is 2. The van der Waals surface area contributed by atoms with Crippen LogP contribution >= 0.6 is 23.2 Å². The van der Waals surface area contributed by atoms with E-state index in [1.54, 1.807) is 56.9 Å². The van der Waals surface area contributed by atoms with Gasteiger partial charge in [-0.05, 0) is 106 Å². The molecular formula is C56H71Cl2N9O8. The van der Waals surface area contributed by atoms with Gasteiger partial charge in [-0.25, -0.2) is 24.7 Å². The number of aryl methyl sites for hydroxylation is 1. The lowest BCUT2D eigenvalue weighted by atomic mass is 9.88. The second kappa shape index (κ2) is 28.5. The smallest absolute Gasteiger partial charge is 0.348 e. The summed E-state index contributed by atoms with van der Waals surface area (Å²) in [4.78, 5) is 71.6. The molecule has 6 rings (SSSR count). The van der Waals surface area contributed by atoms with Crippen LogP contribution in [0.1, 0.15) is 124 Å². The predicted molar refractivity (Wildman–Crippen MR) is 292 cm³/mol. The molecule has 2 N–H and O–H groups in total. The molecule has 19 heteroatoms. The molecule has 0 saturated heterocycles. The quantitative estimate of drug-likeness (QED) is 0.0517. The fourth-order valence-corrected chi connectivity index (χ4v) is 8.85. The van der Waals surface area contributed by atoms with Crippen molar-refractivity contribution in [2.24, 2.45) is 0 Å². The number of hydrogen-bond donors (Lipinski definition) is 2. The van der Waals surface area contributed by atoms with E-state index in [9.17, 15) is 14.4 Å². The van der Waals surface area contributed by atoms with Gasteiger partial charge in [0.2, 0.25) is 11.8 Å². The van der Waals surface area contributed by atoms with Gasteiger partial charge in [-0.3, -0.25) is 14.6 Å².